The highest BCUT2D eigenvalue weighted by molar-refractivity contribution is 5.89. The summed E-state index contributed by atoms with van der Waals surface area (Å²) >= 11 is 0. The van der Waals surface area contributed by atoms with Crippen molar-refractivity contribution >= 4 is 5.97 Å². The Morgan fingerprint density at radius 3 is 2.50 bits per heavy atom. The Kier molecular flexibility index (Phi) is 4.30. The van der Waals surface area contributed by atoms with Crippen LogP contribution >= 0.6 is 0 Å². The van der Waals surface area contributed by atoms with Crippen molar-refractivity contribution in [2.75, 3.05) is 7.11 Å². The first-order chi connectivity index (χ1) is 9.61. The molecule has 0 aliphatic heterocycles. The molecule has 2 rings (SSSR count). The van der Waals surface area contributed by atoms with E-state index in [1.54, 1.807) is 12.1 Å². The molecule has 0 atom stereocenters. The molecule has 0 aromatic heterocycles. The topological polar surface area (TPSA) is 35.5 Å². The molecule has 3 nitrogen and oxygen atoms in total. The highest BCUT2D eigenvalue weighted by Gasteiger charge is 2.12. The van der Waals surface area contributed by atoms with Gasteiger partial charge in [-0.2, -0.15) is 0 Å². The van der Waals surface area contributed by atoms with Crippen LogP contribution in [-0.4, -0.2) is 13.1 Å². The molecule has 5 heteroatoms. The van der Waals surface area contributed by atoms with Crippen LogP contribution in [0.5, 0.6) is 5.75 Å². The maximum atomic E-state index is 13.7. The summed E-state index contributed by atoms with van der Waals surface area (Å²) in [5.41, 5.74) is 0.334. The van der Waals surface area contributed by atoms with Crippen molar-refractivity contribution in [1.82, 2.24) is 0 Å². The lowest BCUT2D eigenvalue weighted by Crippen LogP contribution is -2.06. The van der Waals surface area contributed by atoms with Gasteiger partial charge in [-0.3, -0.25) is 0 Å². The Bertz CT molecular complexity index is 626. The number of carbonyl (C=O) groups is 1. The van der Waals surface area contributed by atoms with Crippen LogP contribution in [0.4, 0.5) is 8.78 Å². The Labute approximate surface area is 114 Å². The summed E-state index contributed by atoms with van der Waals surface area (Å²) in [7, 11) is 1.18. The maximum absolute atomic E-state index is 13.7. The standard InChI is InChI=1S/C15H12F2O3/c1-19-15(18)11-7-6-10(8-13(11)17)9-20-14-5-3-2-4-12(14)16/h2-8H,9H2,1H3. The van der Waals surface area contributed by atoms with E-state index in [0.717, 1.165) is 6.07 Å². The van der Waals surface area contributed by atoms with Gasteiger partial charge in [0.15, 0.2) is 11.6 Å². The lowest BCUT2D eigenvalue weighted by atomic mass is 10.1. The largest absolute Gasteiger partial charge is 0.486 e. The minimum atomic E-state index is -0.746. The second-order valence-corrected chi connectivity index (χ2v) is 4.02. The van der Waals surface area contributed by atoms with Gasteiger partial charge >= 0.3 is 5.97 Å². The summed E-state index contributed by atoms with van der Waals surface area (Å²) in [5.74, 6) is -1.85. The van der Waals surface area contributed by atoms with E-state index in [4.69, 9.17) is 4.74 Å². The number of benzene rings is 2. The average Bonchev–Trinajstić information content (AvgIpc) is 2.46. The molecule has 0 heterocycles. The van der Waals surface area contributed by atoms with Crippen LogP contribution in [0, 0.1) is 11.6 Å². The van der Waals surface area contributed by atoms with Crippen LogP contribution in [0.1, 0.15) is 15.9 Å². The molecule has 20 heavy (non-hydrogen) atoms. The van der Waals surface area contributed by atoms with Gasteiger partial charge in [-0.15, -0.1) is 0 Å². The van der Waals surface area contributed by atoms with Crippen LogP contribution in [0.25, 0.3) is 0 Å². The van der Waals surface area contributed by atoms with E-state index >= 15 is 0 Å². The normalized spacial score (nSPS) is 10.2. The predicted molar refractivity (Wildman–Crippen MR) is 68.5 cm³/mol. The minimum Gasteiger partial charge on any atom is -0.486 e. The molecule has 0 amide bonds. The van der Waals surface area contributed by atoms with Crippen LogP contribution in [0.15, 0.2) is 42.5 Å². The summed E-state index contributed by atoms with van der Waals surface area (Å²) in [4.78, 5) is 11.2. The van der Waals surface area contributed by atoms with Gasteiger partial charge in [-0.05, 0) is 29.8 Å². The molecule has 0 radical (unpaired) electrons. The first kappa shape index (κ1) is 14.0. The van der Waals surface area contributed by atoms with E-state index in [-0.39, 0.29) is 17.9 Å². The molecule has 0 fully saturated rings. The maximum Gasteiger partial charge on any atom is 0.340 e. The van der Waals surface area contributed by atoms with Crippen LogP contribution in [-0.2, 0) is 11.3 Å². The van der Waals surface area contributed by atoms with Gasteiger partial charge in [0.25, 0.3) is 0 Å². The van der Waals surface area contributed by atoms with E-state index in [0.29, 0.717) is 5.56 Å². The highest BCUT2D eigenvalue weighted by atomic mass is 19.1. The number of hydrogen-bond acceptors (Lipinski definition) is 3. The summed E-state index contributed by atoms with van der Waals surface area (Å²) in [6.07, 6.45) is 0. The summed E-state index contributed by atoms with van der Waals surface area (Å²) in [6.45, 7) is -0.000689. The molecular formula is C15H12F2O3. The predicted octanol–water partition coefficient (Wildman–Crippen LogP) is 3.33. The first-order valence-corrected chi connectivity index (χ1v) is 5.86. The van der Waals surface area contributed by atoms with E-state index < -0.39 is 17.6 Å². The molecule has 0 aliphatic rings. The van der Waals surface area contributed by atoms with Crippen molar-refractivity contribution in [2.24, 2.45) is 0 Å². The SMILES string of the molecule is COC(=O)c1ccc(COc2ccccc2F)cc1F. The third-order valence-electron chi connectivity index (χ3n) is 2.67. The molecule has 0 spiro atoms. The zero-order valence-corrected chi connectivity index (χ0v) is 10.7. The van der Waals surface area contributed by atoms with E-state index in [2.05, 4.69) is 4.74 Å². The third-order valence-corrected chi connectivity index (χ3v) is 2.67. The van der Waals surface area contributed by atoms with Crippen molar-refractivity contribution < 1.29 is 23.0 Å². The number of esters is 1. The van der Waals surface area contributed by atoms with Crippen LogP contribution < -0.4 is 4.74 Å². The zero-order valence-electron chi connectivity index (χ0n) is 10.7. The monoisotopic (exact) mass is 278 g/mol. The second kappa shape index (κ2) is 6.14. The lowest BCUT2D eigenvalue weighted by molar-refractivity contribution is 0.0595. The van der Waals surface area contributed by atoms with E-state index in [1.807, 2.05) is 0 Å². The summed E-state index contributed by atoms with van der Waals surface area (Å²) in [6, 6.07) is 9.93. The van der Waals surface area contributed by atoms with Crippen molar-refractivity contribution in [1.29, 1.82) is 0 Å². The lowest BCUT2D eigenvalue weighted by Gasteiger charge is -2.08. The molecule has 0 saturated carbocycles. The molecule has 0 unspecified atom stereocenters. The smallest absolute Gasteiger partial charge is 0.340 e. The molecule has 0 N–H and O–H groups in total. The summed E-state index contributed by atoms with van der Waals surface area (Å²) < 4.78 is 36.7. The fourth-order valence-corrected chi connectivity index (χ4v) is 1.65. The average molecular weight is 278 g/mol. The Balaban J connectivity index is 2.10. The third kappa shape index (κ3) is 3.12. The quantitative estimate of drug-likeness (QED) is 0.805. The van der Waals surface area contributed by atoms with Crippen LogP contribution in [0.2, 0.25) is 0 Å². The molecule has 2 aromatic rings. The van der Waals surface area contributed by atoms with Crippen LogP contribution in [0.3, 0.4) is 0 Å². The number of carbonyl (C=O) groups excluding carboxylic acids is 1. The van der Waals surface area contributed by atoms with Gasteiger partial charge in [0.1, 0.15) is 12.4 Å². The molecule has 0 aliphatic carbocycles. The van der Waals surface area contributed by atoms with Gasteiger partial charge in [0.05, 0.1) is 12.7 Å². The molecule has 2 aromatic carbocycles. The highest BCUT2D eigenvalue weighted by Crippen LogP contribution is 2.18. The second-order valence-electron chi connectivity index (χ2n) is 4.02. The number of methoxy groups -OCH3 is 1. The van der Waals surface area contributed by atoms with Gasteiger partial charge in [0, 0.05) is 0 Å². The van der Waals surface area contributed by atoms with Gasteiger partial charge in [-0.1, -0.05) is 18.2 Å². The minimum absolute atomic E-state index is 0.000689. The van der Waals surface area contributed by atoms with E-state index in [9.17, 15) is 13.6 Å². The van der Waals surface area contributed by atoms with Crippen molar-refractivity contribution in [2.45, 2.75) is 6.61 Å². The number of ether oxygens (including phenoxy) is 2. The van der Waals surface area contributed by atoms with E-state index in [1.165, 1.54) is 31.4 Å². The van der Waals surface area contributed by atoms with Gasteiger partial charge in [0.2, 0.25) is 0 Å². The number of hydrogen-bond donors (Lipinski definition) is 0. The van der Waals surface area contributed by atoms with Crippen molar-refractivity contribution in [3.8, 4) is 5.75 Å². The first-order valence-electron chi connectivity index (χ1n) is 5.86. The molecule has 0 saturated heterocycles. The van der Waals surface area contributed by atoms with Crippen molar-refractivity contribution in [3.63, 3.8) is 0 Å². The number of halogens is 2. The number of rotatable bonds is 4. The Morgan fingerprint density at radius 2 is 1.85 bits per heavy atom. The number of para-hydroxylation sites is 1. The fraction of sp³-hybridized carbons (Fsp3) is 0.133. The van der Waals surface area contributed by atoms with Gasteiger partial charge in [-0.25, -0.2) is 13.6 Å². The molecular weight excluding hydrogens is 266 g/mol. The molecule has 104 valence electrons. The Hall–Kier alpha value is -2.43. The Morgan fingerprint density at radius 1 is 1.10 bits per heavy atom. The van der Waals surface area contributed by atoms with Gasteiger partial charge < -0.3 is 9.47 Å². The summed E-state index contributed by atoms with van der Waals surface area (Å²) in [5, 5.41) is 0. The fourth-order valence-electron chi connectivity index (χ4n) is 1.65. The zero-order chi connectivity index (χ0) is 14.5. The molecule has 0 bridgehead atoms. The van der Waals surface area contributed by atoms with Crippen molar-refractivity contribution in [3.05, 3.63) is 65.2 Å².